The van der Waals surface area contributed by atoms with Crippen molar-refractivity contribution in [2.45, 2.75) is 0 Å². The molecule has 6 nitrogen and oxygen atoms in total. The van der Waals surface area contributed by atoms with Crippen molar-refractivity contribution in [3.63, 3.8) is 0 Å². The standard InChI is InChI=1S/C63H39N5O/c1-4-18-40(19-5-1)42-34-36-49-56(39-42)67(44-22-8-3-9-23-44)54-31-16-27-47(60(49)54)46-28-17-32-55-59(46)48-25-10-13-29-52(48)68(55)53-30-14-11-26-50(53)63-65-61(41-20-6-2-7-21-41)64-62(66-63)43-35-37-58-51(38-43)45-24-12-15-33-57(45)69-58/h1-39H. The van der Waals surface area contributed by atoms with Crippen LogP contribution in [0.3, 0.4) is 0 Å². The SMILES string of the molecule is c1ccc(-c2ccc3c4c(-c5cccc6c5c5ccccc5n6-c5ccccc5-c5nc(-c6ccccc6)nc(-c6ccc7oc8ccccc8c7c6)n5)cccc4n(-c4ccccc4)c3c2)cc1. The lowest BCUT2D eigenvalue weighted by Gasteiger charge is -2.15. The predicted octanol–water partition coefficient (Wildman–Crippen LogP) is 16.3. The van der Waals surface area contributed by atoms with Gasteiger partial charge in [0.25, 0.3) is 0 Å². The molecule has 6 heteroatoms. The van der Waals surface area contributed by atoms with Gasteiger partial charge in [-0.3, -0.25) is 0 Å². The van der Waals surface area contributed by atoms with Gasteiger partial charge >= 0.3 is 0 Å². The van der Waals surface area contributed by atoms with Crippen molar-refractivity contribution in [1.29, 1.82) is 0 Å². The van der Waals surface area contributed by atoms with E-state index in [9.17, 15) is 0 Å². The van der Waals surface area contributed by atoms with Crippen molar-refractivity contribution in [3.05, 3.63) is 237 Å². The van der Waals surface area contributed by atoms with Gasteiger partial charge in [-0.15, -0.1) is 0 Å². The Bertz CT molecular complexity index is 4300. The number of furan rings is 1. The number of para-hydroxylation sites is 4. The maximum atomic E-state index is 6.22. The average molecular weight is 882 g/mol. The molecule has 0 amide bonds. The summed E-state index contributed by atoms with van der Waals surface area (Å²) in [6.45, 7) is 0. The van der Waals surface area contributed by atoms with E-state index in [4.69, 9.17) is 19.4 Å². The van der Waals surface area contributed by atoms with Crippen molar-refractivity contribution in [1.82, 2.24) is 24.1 Å². The molecule has 14 rings (SSSR count). The van der Waals surface area contributed by atoms with Crippen molar-refractivity contribution < 1.29 is 4.42 Å². The minimum absolute atomic E-state index is 0.585. The molecule has 322 valence electrons. The van der Waals surface area contributed by atoms with Crippen molar-refractivity contribution >= 4 is 65.6 Å². The summed E-state index contributed by atoms with van der Waals surface area (Å²) in [5, 5.41) is 6.83. The van der Waals surface area contributed by atoms with Crippen LogP contribution in [-0.2, 0) is 0 Å². The second kappa shape index (κ2) is 15.6. The molecule has 0 N–H and O–H groups in total. The molecule has 4 aromatic heterocycles. The van der Waals surface area contributed by atoms with E-state index < -0.39 is 0 Å². The third-order valence-electron chi connectivity index (χ3n) is 13.6. The number of nitrogens with zero attached hydrogens (tertiary/aromatic N) is 5. The molecule has 0 bridgehead atoms. The van der Waals surface area contributed by atoms with Crippen LogP contribution in [0, 0.1) is 0 Å². The summed E-state index contributed by atoms with van der Waals surface area (Å²) < 4.78 is 11.0. The topological polar surface area (TPSA) is 61.7 Å². The molecule has 0 aliphatic rings. The highest BCUT2D eigenvalue weighted by Crippen LogP contribution is 2.45. The monoisotopic (exact) mass is 881 g/mol. The Hall–Kier alpha value is -9.39. The highest BCUT2D eigenvalue weighted by Gasteiger charge is 2.23. The number of hydrogen-bond acceptors (Lipinski definition) is 4. The first kappa shape index (κ1) is 38.8. The van der Waals surface area contributed by atoms with Crippen LogP contribution in [0.5, 0.6) is 0 Å². The highest BCUT2D eigenvalue weighted by atomic mass is 16.3. The molecule has 0 unspecified atom stereocenters. The van der Waals surface area contributed by atoms with Gasteiger partial charge in [0.15, 0.2) is 17.5 Å². The number of hydrogen-bond donors (Lipinski definition) is 0. The van der Waals surface area contributed by atoms with Gasteiger partial charge in [0, 0.05) is 54.7 Å². The van der Waals surface area contributed by atoms with Gasteiger partial charge < -0.3 is 13.6 Å². The van der Waals surface area contributed by atoms with Crippen LogP contribution in [0.4, 0.5) is 0 Å². The fraction of sp³-hybridized carbons (Fsp3) is 0. The molecule has 10 aromatic carbocycles. The van der Waals surface area contributed by atoms with Crippen LogP contribution in [0.1, 0.15) is 0 Å². The molecular weight excluding hydrogens is 843 g/mol. The van der Waals surface area contributed by atoms with Gasteiger partial charge in [-0.1, -0.05) is 164 Å². The molecule has 0 atom stereocenters. The molecule has 0 spiro atoms. The van der Waals surface area contributed by atoms with Crippen LogP contribution < -0.4 is 0 Å². The molecule has 14 aromatic rings. The van der Waals surface area contributed by atoms with Gasteiger partial charge in [0.2, 0.25) is 0 Å². The zero-order valence-electron chi connectivity index (χ0n) is 37.2. The normalized spacial score (nSPS) is 11.8. The molecule has 0 fully saturated rings. The minimum Gasteiger partial charge on any atom is -0.456 e. The third kappa shape index (κ3) is 6.23. The number of fused-ring (bicyclic) bond motifs is 9. The van der Waals surface area contributed by atoms with Crippen LogP contribution in [0.25, 0.3) is 133 Å². The Kier molecular flexibility index (Phi) is 8.79. The van der Waals surface area contributed by atoms with Crippen molar-refractivity contribution in [3.8, 4) is 67.8 Å². The van der Waals surface area contributed by atoms with Gasteiger partial charge in [-0.25, -0.2) is 15.0 Å². The Morgan fingerprint density at radius 2 is 0.826 bits per heavy atom. The summed E-state index contributed by atoms with van der Waals surface area (Å²) in [6.07, 6.45) is 0. The maximum absolute atomic E-state index is 6.22. The van der Waals surface area contributed by atoms with Gasteiger partial charge in [-0.05, 0) is 95.1 Å². The van der Waals surface area contributed by atoms with Gasteiger partial charge in [0.1, 0.15) is 11.2 Å². The van der Waals surface area contributed by atoms with Crippen LogP contribution in [-0.4, -0.2) is 24.1 Å². The van der Waals surface area contributed by atoms with Crippen molar-refractivity contribution in [2.24, 2.45) is 0 Å². The van der Waals surface area contributed by atoms with E-state index in [-0.39, 0.29) is 0 Å². The summed E-state index contributed by atoms with van der Waals surface area (Å²) >= 11 is 0. The van der Waals surface area contributed by atoms with Gasteiger partial charge in [0.05, 0.1) is 27.8 Å². The van der Waals surface area contributed by atoms with E-state index in [0.29, 0.717) is 17.5 Å². The van der Waals surface area contributed by atoms with E-state index >= 15 is 0 Å². The van der Waals surface area contributed by atoms with E-state index in [1.54, 1.807) is 0 Å². The van der Waals surface area contributed by atoms with Gasteiger partial charge in [-0.2, -0.15) is 0 Å². The second-order valence-electron chi connectivity index (χ2n) is 17.5. The Balaban J connectivity index is 0.994. The van der Waals surface area contributed by atoms with Crippen molar-refractivity contribution in [2.75, 3.05) is 0 Å². The number of aromatic nitrogens is 5. The molecule has 69 heavy (non-hydrogen) atoms. The smallest absolute Gasteiger partial charge is 0.166 e. The minimum atomic E-state index is 0.585. The molecule has 0 radical (unpaired) electrons. The van der Waals surface area contributed by atoms with Crippen LogP contribution in [0.2, 0.25) is 0 Å². The third-order valence-corrected chi connectivity index (χ3v) is 13.6. The summed E-state index contributed by atoms with van der Waals surface area (Å²) in [5.74, 6) is 1.77. The van der Waals surface area contributed by atoms with E-state index in [1.807, 2.05) is 48.5 Å². The summed E-state index contributed by atoms with van der Waals surface area (Å²) in [6, 6.07) is 83.5. The predicted molar refractivity (Wildman–Crippen MR) is 283 cm³/mol. The fourth-order valence-electron chi connectivity index (χ4n) is 10.5. The molecule has 0 aliphatic heterocycles. The van der Waals surface area contributed by atoms with Crippen LogP contribution >= 0.6 is 0 Å². The number of benzene rings is 10. The Labute approximate surface area is 396 Å². The lowest BCUT2D eigenvalue weighted by atomic mass is 9.95. The summed E-state index contributed by atoms with van der Waals surface area (Å²) in [7, 11) is 0. The lowest BCUT2D eigenvalue weighted by Crippen LogP contribution is -2.03. The summed E-state index contributed by atoms with van der Waals surface area (Å²) in [4.78, 5) is 15.7. The average Bonchev–Trinajstić information content (AvgIpc) is 4.09. The zero-order chi connectivity index (χ0) is 45.4. The largest absolute Gasteiger partial charge is 0.456 e. The Morgan fingerprint density at radius 3 is 1.59 bits per heavy atom. The molecule has 0 saturated carbocycles. The molecular formula is C63H39N5O. The maximum Gasteiger partial charge on any atom is 0.166 e. The second-order valence-corrected chi connectivity index (χ2v) is 17.5. The first-order valence-electron chi connectivity index (χ1n) is 23.3. The number of rotatable bonds is 7. The first-order chi connectivity index (χ1) is 34.2. The lowest BCUT2D eigenvalue weighted by molar-refractivity contribution is 0.669. The van der Waals surface area contributed by atoms with E-state index in [1.165, 1.54) is 38.4 Å². The molecule has 0 saturated heterocycles. The highest BCUT2D eigenvalue weighted by molar-refractivity contribution is 6.22. The van der Waals surface area contributed by atoms with E-state index in [2.05, 4.69) is 197 Å². The fourth-order valence-corrected chi connectivity index (χ4v) is 10.5. The van der Waals surface area contributed by atoms with E-state index in [0.717, 1.165) is 77.5 Å². The quantitative estimate of drug-likeness (QED) is 0.160. The first-order valence-corrected chi connectivity index (χ1v) is 23.3. The molecule has 0 aliphatic carbocycles. The molecule has 4 heterocycles. The zero-order valence-corrected chi connectivity index (χ0v) is 37.2. The van der Waals surface area contributed by atoms with Crippen LogP contribution in [0.15, 0.2) is 241 Å². The summed E-state index contributed by atoms with van der Waals surface area (Å²) in [5.41, 5.74) is 15.7. The Morgan fingerprint density at radius 1 is 0.290 bits per heavy atom.